The van der Waals surface area contributed by atoms with E-state index < -0.39 is 16.0 Å². The van der Waals surface area contributed by atoms with Crippen molar-refractivity contribution < 1.29 is 18.3 Å². The highest BCUT2D eigenvalue weighted by molar-refractivity contribution is 7.92. The number of carboxylic acids is 1. The first-order chi connectivity index (χ1) is 9.97. The van der Waals surface area contributed by atoms with Gasteiger partial charge in [-0.05, 0) is 42.5 Å². The third-order valence-corrected chi connectivity index (χ3v) is 4.82. The number of nitrogens with zero attached hydrogens (tertiary/aromatic N) is 1. The molecule has 0 amide bonds. The molecule has 0 atom stereocenters. The molecule has 0 bridgehead atoms. The predicted octanol–water partition coefficient (Wildman–Crippen LogP) is 1.40. The van der Waals surface area contributed by atoms with Crippen LogP contribution in [-0.2, 0) is 22.9 Å². The van der Waals surface area contributed by atoms with Crippen LogP contribution in [0.2, 0.25) is 0 Å². The van der Waals surface area contributed by atoms with E-state index in [1.807, 2.05) is 0 Å². The Morgan fingerprint density at radius 1 is 1.29 bits per heavy atom. The number of hydrogen-bond donors (Lipinski definition) is 3. The SMILES string of the molecule is O=C(O)c1cc2c(cc1NS(=O)(=O)c1cn[nH]c1)CCC2. The molecule has 1 aliphatic rings. The first kappa shape index (κ1) is 13.6. The molecule has 21 heavy (non-hydrogen) atoms. The largest absolute Gasteiger partial charge is 0.478 e. The molecule has 0 aliphatic heterocycles. The molecular weight excluding hydrogens is 294 g/mol. The van der Waals surface area contributed by atoms with Crippen molar-refractivity contribution in [2.45, 2.75) is 24.2 Å². The number of benzene rings is 1. The summed E-state index contributed by atoms with van der Waals surface area (Å²) < 4.78 is 26.7. The molecule has 1 aromatic heterocycles. The molecule has 0 saturated heterocycles. The van der Waals surface area contributed by atoms with Gasteiger partial charge in [-0.2, -0.15) is 5.10 Å². The molecule has 0 saturated carbocycles. The van der Waals surface area contributed by atoms with E-state index in [2.05, 4.69) is 14.9 Å². The van der Waals surface area contributed by atoms with Gasteiger partial charge in [0.15, 0.2) is 0 Å². The van der Waals surface area contributed by atoms with Crippen LogP contribution in [0.1, 0.15) is 27.9 Å². The maximum Gasteiger partial charge on any atom is 0.337 e. The fourth-order valence-electron chi connectivity index (χ4n) is 2.48. The number of anilines is 1. The summed E-state index contributed by atoms with van der Waals surface area (Å²) in [5.41, 5.74) is 2.01. The molecule has 3 rings (SSSR count). The molecule has 110 valence electrons. The highest BCUT2D eigenvalue weighted by Gasteiger charge is 2.22. The first-order valence-electron chi connectivity index (χ1n) is 6.38. The number of sulfonamides is 1. The van der Waals surface area contributed by atoms with Gasteiger partial charge in [0.05, 0.1) is 17.4 Å². The number of aromatic nitrogens is 2. The topological polar surface area (TPSA) is 112 Å². The summed E-state index contributed by atoms with van der Waals surface area (Å²) in [4.78, 5) is 11.3. The number of carbonyl (C=O) groups is 1. The van der Waals surface area contributed by atoms with E-state index >= 15 is 0 Å². The van der Waals surface area contributed by atoms with Crippen molar-refractivity contribution in [1.82, 2.24) is 10.2 Å². The monoisotopic (exact) mass is 307 g/mol. The second kappa shape index (κ2) is 4.88. The molecule has 0 fully saturated rings. The molecule has 3 N–H and O–H groups in total. The van der Waals surface area contributed by atoms with E-state index in [1.165, 1.54) is 6.20 Å². The van der Waals surface area contributed by atoms with Gasteiger partial charge < -0.3 is 5.11 Å². The van der Waals surface area contributed by atoms with Crippen LogP contribution in [0.5, 0.6) is 0 Å². The van der Waals surface area contributed by atoms with Crippen molar-refractivity contribution in [3.63, 3.8) is 0 Å². The Morgan fingerprint density at radius 2 is 2.00 bits per heavy atom. The number of aryl methyl sites for hydroxylation is 2. The van der Waals surface area contributed by atoms with Crippen molar-refractivity contribution in [1.29, 1.82) is 0 Å². The van der Waals surface area contributed by atoms with Crippen LogP contribution in [0.15, 0.2) is 29.4 Å². The highest BCUT2D eigenvalue weighted by Crippen LogP contribution is 2.29. The highest BCUT2D eigenvalue weighted by atomic mass is 32.2. The number of fused-ring (bicyclic) bond motifs is 1. The predicted molar refractivity (Wildman–Crippen MR) is 74.8 cm³/mol. The zero-order valence-corrected chi connectivity index (χ0v) is 11.8. The fraction of sp³-hybridized carbons (Fsp3) is 0.231. The second-order valence-electron chi connectivity index (χ2n) is 4.86. The van der Waals surface area contributed by atoms with Crippen molar-refractivity contribution in [3.05, 3.63) is 41.2 Å². The summed E-state index contributed by atoms with van der Waals surface area (Å²) in [5.74, 6) is -1.16. The molecule has 8 heteroatoms. The Balaban J connectivity index is 2.04. The van der Waals surface area contributed by atoms with Gasteiger partial charge >= 0.3 is 5.97 Å². The maximum absolute atomic E-state index is 12.2. The number of hydrogen-bond acceptors (Lipinski definition) is 4. The number of H-pyrrole nitrogens is 1. The Bertz CT molecular complexity index is 797. The van der Waals surface area contributed by atoms with Crippen LogP contribution in [0, 0.1) is 0 Å². The minimum Gasteiger partial charge on any atom is -0.478 e. The molecule has 7 nitrogen and oxygen atoms in total. The summed E-state index contributed by atoms with van der Waals surface area (Å²) in [7, 11) is -3.85. The van der Waals surface area contributed by atoms with E-state index in [4.69, 9.17) is 0 Å². The number of aromatic amines is 1. The van der Waals surface area contributed by atoms with Crippen LogP contribution in [0.4, 0.5) is 5.69 Å². The Hall–Kier alpha value is -2.35. The van der Waals surface area contributed by atoms with Gasteiger partial charge in [-0.1, -0.05) is 0 Å². The number of nitrogens with one attached hydrogen (secondary N) is 2. The van der Waals surface area contributed by atoms with Crippen LogP contribution in [0.25, 0.3) is 0 Å². The molecule has 0 unspecified atom stereocenters. The first-order valence-corrected chi connectivity index (χ1v) is 7.86. The Kier molecular flexibility index (Phi) is 3.17. The maximum atomic E-state index is 12.2. The smallest absolute Gasteiger partial charge is 0.337 e. The Labute approximate surface area is 121 Å². The van der Waals surface area contributed by atoms with Gasteiger partial charge in [-0.25, -0.2) is 13.2 Å². The van der Waals surface area contributed by atoms with E-state index in [1.54, 1.807) is 12.1 Å². The molecular formula is C13H13N3O4S. The average Bonchev–Trinajstić information content (AvgIpc) is 3.08. The van der Waals surface area contributed by atoms with E-state index in [-0.39, 0.29) is 16.1 Å². The van der Waals surface area contributed by atoms with Crippen molar-refractivity contribution in [2.24, 2.45) is 0 Å². The van der Waals surface area contributed by atoms with Crippen molar-refractivity contribution in [3.8, 4) is 0 Å². The fourth-order valence-corrected chi connectivity index (χ4v) is 3.45. The van der Waals surface area contributed by atoms with Gasteiger partial charge in [-0.3, -0.25) is 9.82 Å². The summed E-state index contributed by atoms with van der Waals surface area (Å²) in [5, 5.41) is 15.3. The lowest BCUT2D eigenvalue weighted by atomic mass is 10.0. The number of carboxylic acid groups (broad SMARTS) is 1. The molecule has 0 spiro atoms. The van der Waals surface area contributed by atoms with Gasteiger partial charge in [0.1, 0.15) is 4.90 Å². The number of aromatic carboxylic acids is 1. The van der Waals surface area contributed by atoms with Gasteiger partial charge in [0, 0.05) is 6.20 Å². The van der Waals surface area contributed by atoms with Crippen LogP contribution >= 0.6 is 0 Å². The normalized spacial score (nSPS) is 13.9. The third-order valence-electron chi connectivity index (χ3n) is 3.49. The summed E-state index contributed by atoms with van der Waals surface area (Å²) >= 11 is 0. The molecule has 1 heterocycles. The summed E-state index contributed by atoms with van der Waals surface area (Å²) in [6, 6.07) is 3.17. The second-order valence-corrected chi connectivity index (χ2v) is 6.55. The van der Waals surface area contributed by atoms with Crippen LogP contribution < -0.4 is 4.72 Å². The van der Waals surface area contributed by atoms with Crippen molar-refractivity contribution in [2.75, 3.05) is 4.72 Å². The lowest BCUT2D eigenvalue weighted by Crippen LogP contribution is -2.15. The molecule has 1 aliphatic carbocycles. The summed E-state index contributed by atoms with van der Waals surface area (Å²) in [6.45, 7) is 0. The average molecular weight is 307 g/mol. The van der Waals surface area contributed by atoms with E-state index in [9.17, 15) is 18.3 Å². The Morgan fingerprint density at radius 3 is 2.62 bits per heavy atom. The standard InChI is InChI=1S/C13H13N3O4S/c17-13(18)11-4-8-2-1-3-9(8)5-12(11)16-21(19,20)10-6-14-15-7-10/h4-7,16H,1-3H2,(H,14,15)(H,17,18). The molecule has 0 radical (unpaired) electrons. The number of rotatable bonds is 4. The lowest BCUT2D eigenvalue weighted by molar-refractivity contribution is 0.0698. The van der Waals surface area contributed by atoms with Crippen LogP contribution in [0.3, 0.4) is 0 Å². The van der Waals surface area contributed by atoms with E-state index in [0.29, 0.717) is 0 Å². The van der Waals surface area contributed by atoms with E-state index in [0.717, 1.165) is 36.6 Å². The van der Waals surface area contributed by atoms with Crippen LogP contribution in [-0.4, -0.2) is 29.7 Å². The molecule has 1 aromatic carbocycles. The van der Waals surface area contributed by atoms with Gasteiger partial charge in [0.2, 0.25) is 0 Å². The quantitative estimate of drug-likeness (QED) is 0.790. The van der Waals surface area contributed by atoms with Crippen molar-refractivity contribution >= 4 is 21.7 Å². The summed E-state index contributed by atoms with van der Waals surface area (Å²) in [6.07, 6.45) is 5.00. The minimum atomic E-state index is -3.85. The zero-order chi connectivity index (χ0) is 15.0. The third kappa shape index (κ3) is 2.49. The molecule has 2 aromatic rings. The minimum absolute atomic E-state index is 0.0391. The van der Waals surface area contributed by atoms with Gasteiger partial charge in [0.25, 0.3) is 10.0 Å². The lowest BCUT2D eigenvalue weighted by Gasteiger charge is -2.12. The van der Waals surface area contributed by atoms with Gasteiger partial charge in [-0.15, -0.1) is 0 Å². The zero-order valence-electron chi connectivity index (χ0n) is 11.0.